The standard InChI is InChI=1S/C13H17FN2OS/c14-10-4-6-11(7-5-10)18-9-12(16-15)13-3-1-2-8-17-13/h3-7,12,16H,1-2,8-9,15H2. The summed E-state index contributed by atoms with van der Waals surface area (Å²) in [5.74, 6) is 7.00. The van der Waals surface area contributed by atoms with Gasteiger partial charge in [-0.2, -0.15) is 0 Å². The lowest BCUT2D eigenvalue weighted by molar-refractivity contribution is 0.172. The van der Waals surface area contributed by atoms with Gasteiger partial charge in [0, 0.05) is 10.6 Å². The van der Waals surface area contributed by atoms with Gasteiger partial charge >= 0.3 is 0 Å². The molecular weight excluding hydrogens is 251 g/mol. The largest absolute Gasteiger partial charge is 0.497 e. The van der Waals surface area contributed by atoms with Gasteiger partial charge in [-0.25, -0.2) is 9.82 Å². The van der Waals surface area contributed by atoms with E-state index in [9.17, 15) is 4.39 Å². The molecule has 3 nitrogen and oxygen atoms in total. The van der Waals surface area contributed by atoms with E-state index in [4.69, 9.17) is 10.6 Å². The highest BCUT2D eigenvalue weighted by Gasteiger charge is 2.16. The van der Waals surface area contributed by atoms with Gasteiger partial charge in [0.25, 0.3) is 0 Å². The lowest BCUT2D eigenvalue weighted by atomic mass is 10.2. The number of allylic oxidation sites excluding steroid dienone is 1. The first-order chi connectivity index (χ1) is 8.79. The van der Waals surface area contributed by atoms with E-state index < -0.39 is 0 Å². The van der Waals surface area contributed by atoms with Gasteiger partial charge in [-0.15, -0.1) is 11.8 Å². The number of rotatable bonds is 5. The number of nitrogens with one attached hydrogen (secondary N) is 1. The average Bonchev–Trinajstić information content (AvgIpc) is 2.43. The molecule has 3 N–H and O–H groups in total. The Labute approximate surface area is 111 Å². The first kappa shape index (κ1) is 13.4. The van der Waals surface area contributed by atoms with Crippen molar-refractivity contribution in [3.05, 3.63) is 41.9 Å². The first-order valence-electron chi connectivity index (χ1n) is 5.97. The molecule has 1 aliphatic heterocycles. The van der Waals surface area contributed by atoms with Crippen molar-refractivity contribution in [1.82, 2.24) is 5.43 Å². The van der Waals surface area contributed by atoms with Crippen LogP contribution in [0.2, 0.25) is 0 Å². The number of hydrogen-bond acceptors (Lipinski definition) is 4. The van der Waals surface area contributed by atoms with Crippen LogP contribution in [0.5, 0.6) is 0 Å². The van der Waals surface area contributed by atoms with Crippen LogP contribution in [0.25, 0.3) is 0 Å². The number of benzene rings is 1. The Morgan fingerprint density at radius 3 is 2.78 bits per heavy atom. The topological polar surface area (TPSA) is 47.3 Å². The molecule has 0 fully saturated rings. The predicted molar refractivity (Wildman–Crippen MR) is 71.5 cm³/mol. The van der Waals surface area contributed by atoms with Gasteiger partial charge in [-0.05, 0) is 43.2 Å². The Bertz CT molecular complexity index is 408. The number of nitrogens with two attached hydrogens (primary N) is 1. The van der Waals surface area contributed by atoms with Crippen LogP contribution >= 0.6 is 11.8 Å². The predicted octanol–water partition coefficient (Wildman–Crippen LogP) is 2.44. The molecule has 1 atom stereocenters. The van der Waals surface area contributed by atoms with Crippen molar-refractivity contribution >= 4 is 11.8 Å². The van der Waals surface area contributed by atoms with E-state index in [2.05, 4.69) is 11.5 Å². The van der Waals surface area contributed by atoms with Crippen LogP contribution in [0.1, 0.15) is 12.8 Å². The highest BCUT2D eigenvalue weighted by Crippen LogP contribution is 2.22. The van der Waals surface area contributed by atoms with Crippen molar-refractivity contribution < 1.29 is 9.13 Å². The molecule has 0 bridgehead atoms. The van der Waals surface area contributed by atoms with Crippen LogP contribution in [0.15, 0.2) is 41.0 Å². The van der Waals surface area contributed by atoms with Crippen molar-refractivity contribution in [2.24, 2.45) is 5.84 Å². The van der Waals surface area contributed by atoms with Gasteiger partial charge in [0.2, 0.25) is 0 Å². The summed E-state index contributed by atoms with van der Waals surface area (Å²) in [6.07, 6.45) is 4.18. The smallest absolute Gasteiger partial charge is 0.123 e. The molecule has 1 aromatic rings. The van der Waals surface area contributed by atoms with Crippen LogP contribution in [0.4, 0.5) is 4.39 Å². The number of hydrogen-bond donors (Lipinski definition) is 2. The van der Waals surface area contributed by atoms with Crippen LogP contribution in [-0.4, -0.2) is 18.4 Å². The Hall–Kier alpha value is -1.04. The van der Waals surface area contributed by atoms with E-state index in [1.165, 1.54) is 12.1 Å². The minimum absolute atomic E-state index is 0.000327. The van der Waals surface area contributed by atoms with Crippen molar-refractivity contribution in [1.29, 1.82) is 0 Å². The third-order valence-electron chi connectivity index (χ3n) is 2.74. The number of hydrazine groups is 1. The van der Waals surface area contributed by atoms with Gasteiger partial charge in [0.1, 0.15) is 11.6 Å². The van der Waals surface area contributed by atoms with Crippen LogP contribution in [0, 0.1) is 5.82 Å². The fourth-order valence-electron chi connectivity index (χ4n) is 1.74. The zero-order chi connectivity index (χ0) is 12.8. The molecule has 0 aliphatic carbocycles. The zero-order valence-corrected chi connectivity index (χ0v) is 10.9. The van der Waals surface area contributed by atoms with Gasteiger partial charge in [-0.3, -0.25) is 5.84 Å². The van der Waals surface area contributed by atoms with Gasteiger partial charge in [-0.1, -0.05) is 0 Å². The molecule has 0 saturated heterocycles. The maximum Gasteiger partial charge on any atom is 0.123 e. The average molecular weight is 268 g/mol. The molecular formula is C13H17FN2OS. The fraction of sp³-hybridized carbons (Fsp3) is 0.385. The number of thioether (sulfide) groups is 1. The summed E-state index contributed by atoms with van der Waals surface area (Å²) in [4.78, 5) is 1.02. The summed E-state index contributed by atoms with van der Waals surface area (Å²) in [6.45, 7) is 0.755. The molecule has 1 heterocycles. The lowest BCUT2D eigenvalue weighted by Gasteiger charge is -2.22. The monoisotopic (exact) mass is 268 g/mol. The van der Waals surface area contributed by atoms with E-state index in [-0.39, 0.29) is 11.9 Å². The number of halogens is 1. The third kappa shape index (κ3) is 3.73. The second-order valence-electron chi connectivity index (χ2n) is 4.08. The molecule has 1 aromatic carbocycles. The second-order valence-corrected chi connectivity index (χ2v) is 5.17. The molecule has 0 saturated carbocycles. The molecule has 0 aromatic heterocycles. The summed E-state index contributed by atoms with van der Waals surface area (Å²) >= 11 is 1.63. The maximum atomic E-state index is 12.8. The summed E-state index contributed by atoms with van der Waals surface area (Å²) in [5, 5.41) is 0. The Balaban J connectivity index is 1.90. The molecule has 18 heavy (non-hydrogen) atoms. The minimum Gasteiger partial charge on any atom is -0.497 e. The quantitative estimate of drug-likeness (QED) is 0.489. The number of ether oxygens (including phenoxy) is 1. The molecule has 98 valence electrons. The normalized spacial score (nSPS) is 16.9. The highest BCUT2D eigenvalue weighted by molar-refractivity contribution is 7.99. The molecule has 1 unspecified atom stereocenters. The van der Waals surface area contributed by atoms with Crippen LogP contribution in [0.3, 0.4) is 0 Å². The SMILES string of the molecule is NNC(CSc1ccc(F)cc1)C1=CCCCO1. The van der Waals surface area contributed by atoms with Crippen LogP contribution < -0.4 is 11.3 Å². The van der Waals surface area contributed by atoms with Gasteiger partial charge in [0.15, 0.2) is 0 Å². The summed E-state index contributed by atoms with van der Waals surface area (Å²) in [6, 6.07) is 6.46. The van der Waals surface area contributed by atoms with Gasteiger partial charge in [0.05, 0.1) is 12.6 Å². The molecule has 1 aliphatic rings. The summed E-state index contributed by atoms with van der Waals surface area (Å²) < 4.78 is 18.4. The van der Waals surface area contributed by atoms with E-state index >= 15 is 0 Å². The summed E-state index contributed by atoms with van der Waals surface area (Å²) in [7, 11) is 0. The van der Waals surface area contributed by atoms with E-state index in [0.717, 1.165) is 35.9 Å². The van der Waals surface area contributed by atoms with E-state index in [0.29, 0.717) is 0 Å². The molecule has 0 amide bonds. The van der Waals surface area contributed by atoms with Crippen molar-refractivity contribution in [2.45, 2.75) is 23.8 Å². The fourth-order valence-corrected chi connectivity index (χ4v) is 2.69. The minimum atomic E-state index is -0.217. The summed E-state index contributed by atoms with van der Waals surface area (Å²) in [5.41, 5.74) is 2.77. The van der Waals surface area contributed by atoms with Crippen molar-refractivity contribution in [2.75, 3.05) is 12.4 Å². The van der Waals surface area contributed by atoms with E-state index in [1.807, 2.05) is 0 Å². The first-order valence-corrected chi connectivity index (χ1v) is 6.95. The zero-order valence-electron chi connectivity index (χ0n) is 10.1. The van der Waals surface area contributed by atoms with E-state index in [1.54, 1.807) is 23.9 Å². The Morgan fingerprint density at radius 2 is 2.17 bits per heavy atom. The second kappa shape index (κ2) is 6.78. The van der Waals surface area contributed by atoms with Crippen molar-refractivity contribution in [3.8, 4) is 0 Å². The van der Waals surface area contributed by atoms with Gasteiger partial charge < -0.3 is 4.74 Å². The van der Waals surface area contributed by atoms with Crippen LogP contribution in [-0.2, 0) is 4.74 Å². The third-order valence-corrected chi connectivity index (χ3v) is 3.84. The Morgan fingerprint density at radius 1 is 1.39 bits per heavy atom. The van der Waals surface area contributed by atoms with Crippen molar-refractivity contribution in [3.63, 3.8) is 0 Å². The lowest BCUT2D eigenvalue weighted by Crippen LogP contribution is -2.39. The molecule has 0 radical (unpaired) electrons. The molecule has 2 rings (SSSR count). The Kier molecular flexibility index (Phi) is 5.04. The molecule has 5 heteroatoms. The molecule has 0 spiro atoms. The maximum absolute atomic E-state index is 12.8. The highest BCUT2D eigenvalue weighted by atomic mass is 32.2.